The van der Waals surface area contributed by atoms with Gasteiger partial charge in [0.25, 0.3) is 0 Å². The van der Waals surface area contributed by atoms with E-state index in [1.807, 2.05) is 18.2 Å². The van der Waals surface area contributed by atoms with E-state index in [4.69, 9.17) is 12.2 Å². The van der Waals surface area contributed by atoms with E-state index in [1.54, 1.807) is 0 Å². The number of hydrogen-bond donors (Lipinski definition) is 0. The Balaban J connectivity index is 0. The fourth-order valence-corrected chi connectivity index (χ4v) is 0.607. The molecule has 0 fully saturated rings. The molecule has 0 nitrogen and oxygen atoms in total. The molecule has 0 aromatic heterocycles. The number of halogens is 1. The molecule has 0 atom stereocenters. The molecule has 1 aliphatic rings. The van der Waals surface area contributed by atoms with E-state index in [0.717, 1.165) is 11.3 Å². The molecular formula is C6H5ClMgS. The maximum Gasteiger partial charge on any atom is 2.00 e. The van der Waals surface area contributed by atoms with Gasteiger partial charge in [0.15, 0.2) is 0 Å². The Morgan fingerprint density at radius 1 is 1.56 bits per heavy atom. The quantitative estimate of drug-likeness (QED) is 0.236. The van der Waals surface area contributed by atoms with Crippen LogP contribution in [0.5, 0.6) is 0 Å². The molecule has 0 radical (unpaired) electrons. The smallest absolute Gasteiger partial charge is 1.00 e. The van der Waals surface area contributed by atoms with Crippen molar-refractivity contribution in [3.05, 3.63) is 24.3 Å². The van der Waals surface area contributed by atoms with Crippen molar-refractivity contribution in [2.24, 2.45) is 0 Å². The Kier molecular flexibility index (Phi) is 9.23. The van der Waals surface area contributed by atoms with Gasteiger partial charge in [0.1, 0.15) is 0 Å². The van der Waals surface area contributed by atoms with E-state index in [1.165, 1.54) is 0 Å². The second-order valence-corrected chi connectivity index (χ2v) is 1.86. The van der Waals surface area contributed by atoms with Gasteiger partial charge >= 0.3 is 23.1 Å². The molecule has 0 bridgehead atoms. The summed E-state index contributed by atoms with van der Waals surface area (Å²) in [7, 11) is 0. The molecule has 0 amide bonds. The SMILES string of the molecule is S=C1[C-]=CC=CC1.[Cl-].[Mg+2]. The number of thiocarbonyl (C=S) groups is 1. The number of allylic oxidation sites excluding steroid dienone is 4. The van der Waals surface area contributed by atoms with E-state index in [2.05, 4.69) is 6.08 Å². The van der Waals surface area contributed by atoms with E-state index in [9.17, 15) is 0 Å². The Labute approximate surface area is 83.0 Å². The standard InChI is InChI=1S/C6H5S.ClH.Mg/c7-6-4-2-1-3-5-6;;/h1-3H,4H2;1H;/q-1;;+2/p-1. The third-order valence-electron chi connectivity index (χ3n) is 0.780. The predicted octanol–water partition coefficient (Wildman–Crippen LogP) is -1.70. The summed E-state index contributed by atoms with van der Waals surface area (Å²) >= 11 is 4.81. The zero-order valence-corrected chi connectivity index (χ0v) is 7.92. The zero-order chi connectivity index (χ0) is 5.11. The van der Waals surface area contributed by atoms with E-state index in [-0.39, 0.29) is 35.5 Å². The van der Waals surface area contributed by atoms with Crippen molar-refractivity contribution in [1.29, 1.82) is 0 Å². The maximum atomic E-state index is 4.81. The zero-order valence-electron chi connectivity index (χ0n) is 4.93. The first-order chi connectivity index (χ1) is 3.39. The molecule has 0 aromatic rings. The first kappa shape index (κ1) is 12.3. The summed E-state index contributed by atoms with van der Waals surface area (Å²) in [5.74, 6) is 0. The summed E-state index contributed by atoms with van der Waals surface area (Å²) in [5.41, 5.74) is 0. The van der Waals surface area contributed by atoms with Crippen LogP contribution in [0.2, 0.25) is 0 Å². The molecule has 0 saturated carbocycles. The maximum absolute atomic E-state index is 4.81. The van der Waals surface area contributed by atoms with Gasteiger partial charge in [-0.05, 0) is 6.42 Å². The van der Waals surface area contributed by atoms with E-state index in [0.29, 0.717) is 0 Å². The summed E-state index contributed by atoms with van der Waals surface area (Å²) < 4.78 is 0. The second-order valence-electron chi connectivity index (χ2n) is 1.37. The van der Waals surface area contributed by atoms with Crippen LogP contribution in [0.15, 0.2) is 18.2 Å². The van der Waals surface area contributed by atoms with Gasteiger partial charge in [-0.25, -0.2) is 18.2 Å². The first-order valence-corrected chi connectivity index (χ1v) is 2.58. The molecule has 0 aliphatic heterocycles. The van der Waals surface area contributed by atoms with Crippen LogP contribution >= 0.6 is 12.2 Å². The van der Waals surface area contributed by atoms with Gasteiger partial charge in [-0.1, -0.05) is 4.86 Å². The molecule has 0 unspecified atom stereocenters. The van der Waals surface area contributed by atoms with Crippen molar-refractivity contribution < 1.29 is 12.4 Å². The molecule has 44 valence electrons. The van der Waals surface area contributed by atoms with Crippen LogP contribution in [0.1, 0.15) is 6.42 Å². The van der Waals surface area contributed by atoms with Gasteiger partial charge in [0, 0.05) is 0 Å². The minimum atomic E-state index is 0. The van der Waals surface area contributed by atoms with Crippen molar-refractivity contribution in [2.75, 3.05) is 0 Å². The van der Waals surface area contributed by atoms with Gasteiger partial charge in [-0.2, -0.15) is 6.08 Å². The second kappa shape index (κ2) is 6.74. The van der Waals surface area contributed by atoms with Crippen LogP contribution in [-0.2, 0) is 0 Å². The Morgan fingerprint density at radius 3 is 2.44 bits per heavy atom. The summed E-state index contributed by atoms with van der Waals surface area (Å²) in [6.07, 6.45) is 9.62. The fraction of sp³-hybridized carbons (Fsp3) is 0.167. The van der Waals surface area contributed by atoms with Crippen molar-refractivity contribution in [2.45, 2.75) is 6.42 Å². The fourth-order valence-electron chi connectivity index (χ4n) is 0.443. The van der Waals surface area contributed by atoms with Gasteiger partial charge < -0.3 is 12.4 Å². The third kappa shape index (κ3) is 5.09. The third-order valence-corrected chi connectivity index (χ3v) is 1.06. The van der Waals surface area contributed by atoms with Crippen molar-refractivity contribution in [3.8, 4) is 0 Å². The molecule has 0 spiro atoms. The summed E-state index contributed by atoms with van der Waals surface area (Å²) in [4.78, 5) is 0.905. The Morgan fingerprint density at radius 2 is 2.22 bits per heavy atom. The molecule has 3 heteroatoms. The average Bonchev–Trinajstić information content (AvgIpc) is 1.69. The average molecular weight is 169 g/mol. The molecule has 0 aromatic carbocycles. The van der Waals surface area contributed by atoms with Crippen molar-refractivity contribution in [1.82, 2.24) is 0 Å². The van der Waals surface area contributed by atoms with E-state index < -0.39 is 0 Å². The van der Waals surface area contributed by atoms with E-state index >= 15 is 0 Å². The predicted molar refractivity (Wildman–Crippen MR) is 39.9 cm³/mol. The van der Waals surface area contributed by atoms with Crippen molar-refractivity contribution in [3.63, 3.8) is 0 Å². The summed E-state index contributed by atoms with van der Waals surface area (Å²) in [6, 6.07) is 0. The van der Waals surface area contributed by atoms with Crippen LogP contribution in [0.4, 0.5) is 0 Å². The molecule has 0 heterocycles. The monoisotopic (exact) mass is 168 g/mol. The first-order valence-electron chi connectivity index (χ1n) is 2.17. The minimum Gasteiger partial charge on any atom is -1.00 e. The van der Waals surface area contributed by atoms with Gasteiger partial charge in [-0.3, -0.25) is 0 Å². The van der Waals surface area contributed by atoms with Crippen molar-refractivity contribution >= 4 is 40.1 Å². The molecule has 9 heavy (non-hydrogen) atoms. The molecule has 1 aliphatic carbocycles. The van der Waals surface area contributed by atoms with Crippen LogP contribution in [0.3, 0.4) is 0 Å². The van der Waals surface area contributed by atoms with Gasteiger partial charge in [0.05, 0.1) is 0 Å². The molecule has 1 rings (SSSR count). The minimum absolute atomic E-state index is 0. The van der Waals surface area contributed by atoms with Gasteiger partial charge in [0.2, 0.25) is 0 Å². The largest absolute Gasteiger partial charge is 2.00 e. The topological polar surface area (TPSA) is 0 Å². The van der Waals surface area contributed by atoms with Crippen LogP contribution in [-0.4, -0.2) is 27.9 Å². The molecule has 0 N–H and O–H groups in total. The summed E-state index contributed by atoms with van der Waals surface area (Å²) in [6.45, 7) is 0. The normalized spacial score (nSPS) is 14.0. The number of hydrogen-bond acceptors (Lipinski definition) is 1. The van der Waals surface area contributed by atoms with Crippen LogP contribution in [0, 0.1) is 6.08 Å². The number of rotatable bonds is 0. The molecule has 0 saturated heterocycles. The van der Waals surface area contributed by atoms with Crippen LogP contribution < -0.4 is 12.4 Å². The molecular weight excluding hydrogens is 164 g/mol. The summed E-state index contributed by atoms with van der Waals surface area (Å²) in [5, 5.41) is 0. The van der Waals surface area contributed by atoms with Crippen LogP contribution in [0.25, 0.3) is 0 Å². The Bertz CT molecular complexity index is 140. The Hall–Kier alpha value is 0.626. The van der Waals surface area contributed by atoms with Gasteiger partial charge in [-0.15, -0.1) is 12.2 Å².